The molecule has 2 aromatic rings. The molecule has 0 aromatic carbocycles. The van der Waals surface area contributed by atoms with Gasteiger partial charge in [-0.05, 0) is 44.7 Å². The molecule has 1 saturated carbocycles. The molecule has 2 fully saturated rings. The number of hydrogen-bond acceptors (Lipinski definition) is 6. The summed E-state index contributed by atoms with van der Waals surface area (Å²) in [5.41, 5.74) is 2.38. The highest BCUT2D eigenvalue weighted by atomic mass is 16.5. The second-order valence-electron chi connectivity index (χ2n) is 6.91. The van der Waals surface area contributed by atoms with Crippen molar-refractivity contribution in [2.75, 3.05) is 13.2 Å². The molecule has 1 amide bonds. The normalized spacial score (nSPS) is 23.0. The van der Waals surface area contributed by atoms with Gasteiger partial charge in [0.1, 0.15) is 11.8 Å². The Bertz CT molecular complexity index is 784. The smallest absolute Gasteiger partial charge is 0.269 e. The van der Waals surface area contributed by atoms with Crippen LogP contribution in [0, 0.1) is 19.8 Å². The first kappa shape index (κ1) is 16.2. The van der Waals surface area contributed by atoms with Crippen molar-refractivity contribution in [3.8, 4) is 0 Å². The summed E-state index contributed by atoms with van der Waals surface area (Å²) >= 11 is 0. The van der Waals surface area contributed by atoms with Crippen molar-refractivity contribution < 1.29 is 14.1 Å². The molecule has 4 rings (SSSR count). The number of aromatic nitrogens is 3. The number of carbonyl (C=O) groups excluding carboxylic acids is 1. The third kappa shape index (κ3) is 3.42. The van der Waals surface area contributed by atoms with Gasteiger partial charge >= 0.3 is 0 Å². The first-order valence-electron chi connectivity index (χ1n) is 8.79. The Morgan fingerprint density at radius 1 is 1.24 bits per heavy atom. The van der Waals surface area contributed by atoms with E-state index >= 15 is 0 Å². The van der Waals surface area contributed by atoms with Crippen LogP contribution in [-0.4, -0.2) is 34.2 Å². The molecule has 0 bridgehead atoms. The van der Waals surface area contributed by atoms with Crippen LogP contribution in [0.4, 0.5) is 0 Å². The van der Waals surface area contributed by atoms with Crippen LogP contribution in [0.2, 0.25) is 0 Å². The number of aryl methyl sites for hydroxylation is 2. The van der Waals surface area contributed by atoms with Crippen LogP contribution in [0.3, 0.4) is 0 Å². The Labute approximate surface area is 146 Å². The maximum absolute atomic E-state index is 12.3. The highest BCUT2D eigenvalue weighted by molar-refractivity contribution is 5.92. The van der Waals surface area contributed by atoms with E-state index in [0.717, 1.165) is 36.3 Å². The molecule has 1 N–H and O–H groups in total. The van der Waals surface area contributed by atoms with Crippen LogP contribution < -0.4 is 5.32 Å². The van der Waals surface area contributed by atoms with E-state index in [4.69, 9.17) is 9.26 Å². The van der Waals surface area contributed by atoms with E-state index < -0.39 is 0 Å². The van der Waals surface area contributed by atoms with Gasteiger partial charge < -0.3 is 14.6 Å². The second-order valence-corrected chi connectivity index (χ2v) is 6.91. The lowest BCUT2D eigenvalue weighted by Crippen LogP contribution is -2.31. The molecule has 0 radical (unpaired) electrons. The molecule has 0 spiro atoms. The number of nitrogens with one attached hydrogen (secondary N) is 1. The van der Waals surface area contributed by atoms with Crippen molar-refractivity contribution in [3.63, 3.8) is 0 Å². The van der Waals surface area contributed by atoms with E-state index in [1.165, 1.54) is 0 Å². The summed E-state index contributed by atoms with van der Waals surface area (Å²) in [4.78, 5) is 21.2. The number of hydrogen-bond donors (Lipinski definition) is 1. The van der Waals surface area contributed by atoms with E-state index in [9.17, 15) is 4.79 Å². The average molecular weight is 342 g/mol. The largest absolute Gasteiger partial charge is 0.368 e. The fourth-order valence-electron chi connectivity index (χ4n) is 3.06. The summed E-state index contributed by atoms with van der Waals surface area (Å²) in [7, 11) is 0. The van der Waals surface area contributed by atoms with Crippen molar-refractivity contribution in [1.29, 1.82) is 0 Å². The molecule has 1 aliphatic carbocycles. The highest BCUT2D eigenvalue weighted by Gasteiger charge is 2.36. The quantitative estimate of drug-likeness (QED) is 0.898. The Balaban J connectivity index is 1.39. The zero-order valence-corrected chi connectivity index (χ0v) is 14.5. The van der Waals surface area contributed by atoms with Crippen molar-refractivity contribution in [1.82, 2.24) is 20.4 Å². The van der Waals surface area contributed by atoms with E-state index in [0.29, 0.717) is 30.7 Å². The van der Waals surface area contributed by atoms with Crippen LogP contribution in [-0.2, 0) is 4.74 Å². The van der Waals surface area contributed by atoms with Crippen molar-refractivity contribution in [2.24, 2.45) is 5.92 Å². The number of pyridine rings is 1. The van der Waals surface area contributed by atoms with E-state index in [2.05, 4.69) is 20.4 Å². The minimum absolute atomic E-state index is 0.128. The summed E-state index contributed by atoms with van der Waals surface area (Å²) < 4.78 is 11.2. The van der Waals surface area contributed by atoms with Gasteiger partial charge in [0.05, 0.1) is 0 Å². The summed E-state index contributed by atoms with van der Waals surface area (Å²) in [5.74, 6) is 1.73. The van der Waals surface area contributed by atoms with Gasteiger partial charge in [-0.3, -0.25) is 4.79 Å². The fraction of sp³-hybridized carbons (Fsp3) is 0.556. The number of rotatable bonds is 5. The highest BCUT2D eigenvalue weighted by Crippen LogP contribution is 2.40. The van der Waals surface area contributed by atoms with Gasteiger partial charge in [0, 0.05) is 30.7 Å². The Morgan fingerprint density at radius 3 is 2.84 bits per heavy atom. The molecule has 2 aliphatic rings. The molecule has 1 saturated heterocycles. The topological polar surface area (TPSA) is 90.1 Å². The van der Waals surface area contributed by atoms with Gasteiger partial charge in [-0.15, -0.1) is 0 Å². The number of ether oxygens (including phenoxy) is 1. The standard InChI is InChI=1S/C18H22N4O3/c1-10-3-6-14(20-11(10)2)17(23)19-9-13-7-8-24-15(13)18-21-16(22-25-18)12-4-5-12/h3,6,12-13,15H,4-5,7-9H2,1-2H3,(H,19,23)/t13-,15-/m0/s1. The Kier molecular flexibility index (Phi) is 4.25. The molecule has 3 heterocycles. The van der Waals surface area contributed by atoms with E-state index in [1.54, 1.807) is 6.07 Å². The summed E-state index contributed by atoms with van der Waals surface area (Å²) in [6, 6.07) is 3.66. The zero-order valence-electron chi connectivity index (χ0n) is 14.5. The third-order valence-corrected chi connectivity index (χ3v) is 4.97. The van der Waals surface area contributed by atoms with Crippen LogP contribution in [0.5, 0.6) is 0 Å². The molecule has 2 atom stereocenters. The van der Waals surface area contributed by atoms with Crippen LogP contribution in [0.1, 0.15) is 64.7 Å². The maximum Gasteiger partial charge on any atom is 0.269 e. The van der Waals surface area contributed by atoms with Crippen molar-refractivity contribution >= 4 is 5.91 Å². The summed E-state index contributed by atoms with van der Waals surface area (Å²) in [6.07, 6.45) is 2.87. The fourth-order valence-corrected chi connectivity index (χ4v) is 3.06. The lowest BCUT2D eigenvalue weighted by Gasteiger charge is -2.15. The molecule has 7 heteroatoms. The minimum Gasteiger partial charge on any atom is -0.368 e. The van der Waals surface area contributed by atoms with E-state index in [1.807, 2.05) is 19.9 Å². The Morgan fingerprint density at radius 2 is 2.08 bits per heavy atom. The van der Waals surface area contributed by atoms with Gasteiger partial charge in [0.2, 0.25) is 0 Å². The first-order chi connectivity index (χ1) is 12.1. The molecule has 2 aromatic heterocycles. The molecule has 1 aliphatic heterocycles. The van der Waals surface area contributed by atoms with Gasteiger partial charge in [0.25, 0.3) is 11.8 Å². The van der Waals surface area contributed by atoms with Crippen molar-refractivity contribution in [3.05, 3.63) is 40.8 Å². The van der Waals surface area contributed by atoms with E-state index in [-0.39, 0.29) is 17.9 Å². The monoisotopic (exact) mass is 342 g/mol. The number of carbonyl (C=O) groups is 1. The predicted octanol–water partition coefficient (Wildman–Crippen LogP) is 2.47. The van der Waals surface area contributed by atoms with Gasteiger partial charge in [0.15, 0.2) is 5.82 Å². The van der Waals surface area contributed by atoms with Gasteiger partial charge in [-0.25, -0.2) is 4.98 Å². The molecular weight excluding hydrogens is 320 g/mol. The summed E-state index contributed by atoms with van der Waals surface area (Å²) in [5, 5.41) is 7.01. The average Bonchev–Trinajstić information content (AvgIpc) is 3.16. The maximum atomic E-state index is 12.3. The molecule has 132 valence electrons. The van der Waals surface area contributed by atoms with Gasteiger partial charge in [-0.2, -0.15) is 4.98 Å². The Hall–Kier alpha value is -2.28. The number of nitrogens with zero attached hydrogens (tertiary/aromatic N) is 3. The lowest BCUT2D eigenvalue weighted by atomic mass is 10.0. The second kappa shape index (κ2) is 6.55. The van der Waals surface area contributed by atoms with Crippen molar-refractivity contribution in [2.45, 2.75) is 45.1 Å². The summed E-state index contributed by atoms with van der Waals surface area (Å²) in [6.45, 7) is 5.01. The van der Waals surface area contributed by atoms with Crippen LogP contribution in [0.25, 0.3) is 0 Å². The van der Waals surface area contributed by atoms with Gasteiger partial charge in [-0.1, -0.05) is 11.2 Å². The third-order valence-electron chi connectivity index (χ3n) is 4.97. The molecule has 0 unspecified atom stereocenters. The van der Waals surface area contributed by atoms with Crippen LogP contribution >= 0.6 is 0 Å². The lowest BCUT2D eigenvalue weighted by molar-refractivity contribution is 0.0612. The molecular formula is C18H22N4O3. The molecule has 25 heavy (non-hydrogen) atoms. The SMILES string of the molecule is Cc1ccc(C(=O)NC[C@@H]2CCO[C@@H]2c2nc(C3CC3)no2)nc1C. The molecule has 7 nitrogen and oxygen atoms in total. The first-order valence-corrected chi connectivity index (χ1v) is 8.79. The predicted molar refractivity (Wildman–Crippen MR) is 89.1 cm³/mol. The minimum atomic E-state index is -0.243. The van der Waals surface area contributed by atoms with Crippen LogP contribution in [0.15, 0.2) is 16.7 Å². The number of amides is 1. The zero-order chi connectivity index (χ0) is 17.4.